The number of benzene rings is 3. The molecule has 0 saturated carbocycles. The van der Waals surface area contributed by atoms with Gasteiger partial charge in [0.1, 0.15) is 11.5 Å². The van der Waals surface area contributed by atoms with Crippen LogP contribution in [0.4, 0.5) is 5.69 Å². The minimum absolute atomic E-state index is 0.0388. The van der Waals surface area contributed by atoms with Crippen LogP contribution in [0, 0.1) is 13.8 Å². The second-order valence-electron chi connectivity index (χ2n) is 6.03. The molecule has 3 aromatic carbocycles. The number of aryl methyl sites for hydroxylation is 2. The van der Waals surface area contributed by atoms with Gasteiger partial charge >= 0.3 is 0 Å². The number of rotatable bonds is 5. The summed E-state index contributed by atoms with van der Waals surface area (Å²) in [5.41, 5.74) is 2.94. The molecule has 0 heterocycles. The molecule has 4 nitrogen and oxygen atoms in total. The van der Waals surface area contributed by atoms with E-state index in [2.05, 4.69) is 5.32 Å². The van der Waals surface area contributed by atoms with Crippen molar-refractivity contribution in [3.05, 3.63) is 65.7 Å². The van der Waals surface area contributed by atoms with E-state index in [0.29, 0.717) is 5.75 Å². The molecule has 0 bridgehead atoms. The van der Waals surface area contributed by atoms with Crippen LogP contribution >= 0.6 is 0 Å². The largest absolute Gasteiger partial charge is 0.497 e. The first-order valence-corrected chi connectivity index (χ1v) is 8.13. The molecule has 3 rings (SSSR count). The highest BCUT2D eigenvalue weighted by Gasteiger charge is 2.07. The number of fused-ring (bicyclic) bond motifs is 1. The van der Waals surface area contributed by atoms with Gasteiger partial charge in [-0.2, -0.15) is 0 Å². The highest BCUT2D eigenvalue weighted by molar-refractivity contribution is 5.93. The van der Waals surface area contributed by atoms with Crippen molar-refractivity contribution in [1.82, 2.24) is 0 Å². The van der Waals surface area contributed by atoms with Gasteiger partial charge in [-0.1, -0.05) is 24.3 Å². The first-order chi connectivity index (χ1) is 12.0. The van der Waals surface area contributed by atoms with E-state index >= 15 is 0 Å². The normalized spacial score (nSPS) is 10.5. The molecule has 128 valence electrons. The standard InChI is InChI=1S/C21H21NO3/c1-14-4-5-15(2)20(10-14)22-21(23)13-25-19-9-7-16-6-8-18(24-3)11-17(16)12-19/h4-12H,13H2,1-3H3,(H,22,23). The zero-order chi connectivity index (χ0) is 17.8. The number of nitrogens with one attached hydrogen (secondary N) is 1. The zero-order valence-corrected chi connectivity index (χ0v) is 14.6. The Morgan fingerprint density at radius 2 is 1.64 bits per heavy atom. The van der Waals surface area contributed by atoms with Crippen molar-refractivity contribution in [1.29, 1.82) is 0 Å². The summed E-state index contributed by atoms with van der Waals surface area (Å²) in [6, 6.07) is 17.5. The minimum Gasteiger partial charge on any atom is -0.497 e. The van der Waals surface area contributed by atoms with Gasteiger partial charge in [-0.25, -0.2) is 0 Å². The van der Waals surface area contributed by atoms with Crippen LogP contribution in [0.15, 0.2) is 54.6 Å². The Bertz CT molecular complexity index is 918. The van der Waals surface area contributed by atoms with Crippen LogP contribution in [0.3, 0.4) is 0 Å². The average molecular weight is 335 g/mol. The van der Waals surface area contributed by atoms with Crippen molar-refractivity contribution >= 4 is 22.4 Å². The van der Waals surface area contributed by atoms with Gasteiger partial charge in [0.2, 0.25) is 0 Å². The third kappa shape index (κ3) is 4.10. The molecule has 4 heteroatoms. The Hall–Kier alpha value is -3.01. The van der Waals surface area contributed by atoms with Crippen LogP contribution in [-0.4, -0.2) is 19.6 Å². The molecule has 0 atom stereocenters. The van der Waals surface area contributed by atoms with Crippen molar-refractivity contribution < 1.29 is 14.3 Å². The maximum atomic E-state index is 12.2. The van der Waals surface area contributed by atoms with E-state index in [1.165, 1.54) is 0 Å². The maximum absolute atomic E-state index is 12.2. The predicted octanol–water partition coefficient (Wildman–Crippen LogP) is 4.48. The Labute approximate surface area is 147 Å². The van der Waals surface area contributed by atoms with Crippen LogP contribution < -0.4 is 14.8 Å². The number of ether oxygens (including phenoxy) is 2. The van der Waals surface area contributed by atoms with Gasteiger partial charge in [0.15, 0.2) is 6.61 Å². The van der Waals surface area contributed by atoms with Crippen molar-refractivity contribution in [2.45, 2.75) is 13.8 Å². The van der Waals surface area contributed by atoms with Crippen LogP contribution in [0.25, 0.3) is 10.8 Å². The molecule has 1 N–H and O–H groups in total. The van der Waals surface area contributed by atoms with Gasteiger partial charge in [-0.3, -0.25) is 4.79 Å². The van der Waals surface area contributed by atoms with E-state index in [-0.39, 0.29) is 12.5 Å². The highest BCUT2D eigenvalue weighted by atomic mass is 16.5. The summed E-state index contributed by atoms with van der Waals surface area (Å²) in [5, 5.41) is 4.99. The monoisotopic (exact) mass is 335 g/mol. The van der Waals surface area contributed by atoms with Crippen LogP contribution in [0.1, 0.15) is 11.1 Å². The van der Waals surface area contributed by atoms with E-state index in [4.69, 9.17) is 9.47 Å². The molecule has 3 aromatic rings. The number of methoxy groups -OCH3 is 1. The summed E-state index contributed by atoms with van der Waals surface area (Å²) in [6.07, 6.45) is 0. The van der Waals surface area contributed by atoms with E-state index in [0.717, 1.165) is 33.3 Å². The summed E-state index contributed by atoms with van der Waals surface area (Å²) < 4.78 is 10.9. The van der Waals surface area contributed by atoms with Crippen LogP contribution in [-0.2, 0) is 4.79 Å². The van der Waals surface area contributed by atoms with Crippen molar-refractivity contribution in [3.63, 3.8) is 0 Å². The lowest BCUT2D eigenvalue weighted by Gasteiger charge is -2.11. The number of carbonyl (C=O) groups is 1. The number of carbonyl (C=O) groups excluding carboxylic acids is 1. The molecular weight excluding hydrogens is 314 g/mol. The molecule has 0 aliphatic carbocycles. The fourth-order valence-corrected chi connectivity index (χ4v) is 2.63. The molecule has 0 saturated heterocycles. The van der Waals surface area contributed by atoms with Gasteiger partial charge in [-0.05, 0) is 66.1 Å². The van der Waals surface area contributed by atoms with Crippen LogP contribution in [0.5, 0.6) is 11.5 Å². The number of hydrogen-bond donors (Lipinski definition) is 1. The lowest BCUT2D eigenvalue weighted by molar-refractivity contribution is -0.118. The number of hydrogen-bond acceptors (Lipinski definition) is 3. The third-order valence-electron chi connectivity index (χ3n) is 4.06. The Morgan fingerprint density at radius 1 is 0.920 bits per heavy atom. The summed E-state index contributed by atoms with van der Waals surface area (Å²) in [5.74, 6) is 1.26. The molecule has 25 heavy (non-hydrogen) atoms. The first kappa shape index (κ1) is 16.8. The van der Waals surface area contributed by atoms with Gasteiger partial charge in [-0.15, -0.1) is 0 Å². The topological polar surface area (TPSA) is 47.6 Å². The Balaban J connectivity index is 1.67. The van der Waals surface area contributed by atoms with Gasteiger partial charge in [0.05, 0.1) is 7.11 Å². The second-order valence-corrected chi connectivity index (χ2v) is 6.03. The molecule has 0 fully saturated rings. The number of anilines is 1. The SMILES string of the molecule is COc1ccc2ccc(OCC(=O)Nc3cc(C)ccc3C)cc2c1. The molecule has 1 amide bonds. The van der Waals surface area contributed by atoms with Crippen LogP contribution in [0.2, 0.25) is 0 Å². The summed E-state index contributed by atoms with van der Waals surface area (Å²) >= 11 is 0. The van der Waals surface area contributed by atoms with Crippen molar-refractivity contribution in [2.24, 2.45) is 0 Å². The molecule has 0 unspecified atom stereocenters. The van der Waals surface area contributed by atoms with Crippen molar-refractivity contribution in [3.8, 4) is 11.5 Å². The first-order valence-electron chi connectivity index (χ1n) is 8.13. The zero-order valence-electron chi connectivity index (χ0n) is 14.6. The van der Waals surface area contributed by atoms with Gasteiger partial charge in [0, 0.05) is 5.69 Å². The summed E-state index contributed by atoms with van der Waals surface area (Å²) in [4.78, 5) is 12.2. The van der Waals surface area contributed by atoms with E-state index < -0.39 is 0 Å². The summed E-state index contributed by atoms with van der Waals surface area (Å²) in [6.45, 7) is 3.92. The molecule has 0 aromatic heterocycles. The molecule has 0 radical (unpaired) electrons. The quantitative estimate of drug-likeness (QED) is 0.748. The second kappa shape index (κ2) is 7.26. The lowest BCUT2D eigenvalue weighted by Crippen LogP contribution is -2.20. The minimum atomic E-state index is -0.181. The number of amides is 1. The fraction of sp³-hybridized carbons (Fsp3) is 0.190. The molecule has 0 aliphatic heterocycles. The fourth-order valence-electron chi connectivity index (χ4n) is 2.63. The van der Waals surface area contributed by atoms with E-state index in [1.54, 1.807) is 7.11 Å². The Morgan fingerprint density at radius 3 is 2.40 bits per heavy atom. The molecular formula is C21H21NO3. The third-order valence-corrected chi connectivity index (χ3v) is 4.06. The smallest absolute Gasteiger partial charge is 0.262 e. The van der Waals surface area contributed by atoms with Gasteiger partial charge < -0.3 is 14.8 Å². The molecule has 0 spiro atoms. The van der Waals surface area contributed by atoms with E-state index in [9.17, 15) is 4.79 Å². The van der Waals surface area contributed by atoms with E-state index in [1.807, 2.05) is 68.4 Å². The van der Waals surface area contributed by atoms with Crippen molar-refractivity contribution in [2.75, 3.05) is 19.0 Å². The van der Waals surface area contributed by atoms with Gasteiger partial charge in [0.25, 0.3) is 5.91 Å². The summed E-state index contributed by atoms with van der Waals surface area (Å²) in [7, 11) is 1.64. The Kier molecular flexibility index (Phi) is 4.89. The maximum Gasteiger partial charge on any atom is 0.262 e. The molecule has 0 aliphatic rings. The lowest BCUT2D eigenvalue weighted by atomic mass is 10.1. The average Bonchev–Trinajstić information content (AvgIpc) is 2.62. The highest BCUT2D eigenvalue weighted by Crippen LogP contribution is 2.25. The predicted molar refractivity (Wildman–Crippen MR) is 101 cm³/mol.